The molecule has 5 rings (SSSR count). The Morgan fingerprint density at radius 2 is 2.25 bits per heavy atom. The van der Waals surface area contributed by atoms with Gasteiger partial charge in [-0.05, 0) is 42.4 Å². The molecule has 1 fully saturated rings. The van der Waals surface area contributed by atoms with Crippen LogP contribution in [0.15, 0.2) is 41.3 Å². The number of nitrogens with one attached hydrogen (secondary N) is 1. The number of likely N-dealkylation sites (tertiary alicyclic amines) is 1. The Labute approximate surface area is 166 Å². The monoisotopic (exact) mass is 394 g/mol. The molecule has 2 aliphatic heterocycles. The lowest BCUT2D eigenvalue weighted by molar-refractivity contribution is 0.0722. The van der Waals surface area contributed by atoms with Gasteiger partial charge in [0.25, 0.3) is 11.5 Å². The Morgan fingerprint density at radius 1 is 1.32 bits per heavy atom. The number of amides is 1. The van der Waals surface area contributed by atoms with Gasteiger partial charge in [0.05, 0.1) is 18.3 Å². The third-order valence-corrected chi connectivity index (χ3v) is 6.76. The molecule has 1 unspecified atom stereocenters. The fourth-order valence-electron chi connectivity index (χ4n) is 4.30. The third kappa shape index (κ3) is 3.03. The molecule has 144 valence electrons. The molecule has 0 aliphatic carbocycles. The van der Waals surface area contributed by atoms with Crippen LogP contribution in [0.1, 0.15) is 34.5 Å². The Morgan fingerprint density at radius 3 is 3.18 bits per heavy atom. The SMILES string of the molecule is O=C(c1cccc2[nH]ccc12)N1CCCC1Cn1nc2c(cc1=O)CSCC2. The van der Waals surface area contributed by atoms with E-state index in [0.29, 0.717) is 12.1 Å². The van der Waals surface area contributed by atoms with Crippen LogP contribution in [0.4, 0.5) is 0 Å². The molecular formula is C21H22N4O2S. The van der Waals surface area contributed by atoms with E-state index in [2.05, 4.69) is 10.1 Å². The molecule has 0 spiro atoms. The standard InChI is InChI=1S/C21H22N4O2S/c26-20-11-14-13-28-10-7-18(14)23-25(20)12-15-3-2-9-24(15)21(27)17-4-1-5-19-16(17)6-8-22-19/h1,4-6,8,11,15,22H,2-3,7,9-10,12-13H2. The number of hydrogen-bond acceptors (Lipinski definition) is 4. The molecule has 1 saturated heterocycles. The topological polar surface area (TPSA) is 71.0 Å². The Hall–Kier alpha value is -2.54. The first-order valence-corrected chi connectivity index (χ1v) is 10.9. The summed E-state index contributed by atoms with van der Waals surface area (Å²) in [5.74, 6) is 1.95. The Balaban J connectivity index is 1.42. The van der Waals surface area contributed by atoms with Crippen molar-refractivity contribution in [3.05, 3.63) is 63.7 Å². The number of carbonyl (C=O) groups is 1. The quantitative estimate of drug-likeness (QED) is 0.742. The number of aryl methyl sites for hydroxylation is 1. The maximum absolute atomic E-state index is 13.3. The summed E-state index contributed by atoms with van der Waals surface area (Å²) in [5.41, 5.74) is 3.72. The number of benzene rings is 1. The van der Waals surface area contributed by atoms with Crippen LogP contribution in [0.2, 0.25) is 0 Å². The summed E-state index contributed by atoms with van der Waals surface area (Å²) in [4.78, 5) is 30.9. The molecule has 7 heteroatoms. The molecule has 6 nitrogen and oxygen atoms in total. The molecule has 4 heterocycles. The number of aromatic nitrogens is 3. The summed E-state index contributed by atoms with van der Waals surface area (Å²) in [6.07, 6.45) is 4.62. The van der Waals surface area contributed by atoms with Crippen molar-refractivity contribution in [2.75, 3.05) is 12.3 Å². The van der Waals surface area contributed by atoms with E-state index in [0.717, 1.165) is 59.5 Å². The van der Waals surface area contributed by atoms with Crippen LogP contribution >= 0.6 is 11.8 Å². The fourth-order valence-corrected chi connectivity index (χ4v) is 5.25. The molecule has 3 aromatic rings. The van der Waals surface area contributed by atoms with Crippen molar-refractivity contribution in [3.63, 3.8) is 0 Å². The summed E-state index contributed by atoms with van der Waals surface area (Å²) in [7, 11) is 0. The zero-order chi connectivity index (χ0) is 19.1. The lowest BCUT2D eigenvalue weighted by Gasteiger charge is -2.26. The van der Waals surface area contributed by atoms with Crippen molar-refractivity contribution in [2.45, 2.75) is 37.6 Å². The molecule has 1 N–H and O–H groups in total. The highest BCUT2D eigenvalue weighted by atomic mass is 32.2. The second-order valence-electron chi connectivity index (χ2n) is 7.48. The first kappa shape index (κ1) is 17.6. The van der Waals surface area contributed by atoms with E-state index in [-0.39, 0.29) is 17.5 Å². The smallest absolute Gasteiger partial charge is 0.267 e. The second kappa shape index (κ2) is 7.13. The molecule has 1 aromatic carbocycles. The number of thioether (sulfide) groups is 1. The van der Waals surface area contributed by atoms with Crippen molar-refractivity contribution < 1.29 is 4.79 Å². The fraction of sp³-hybridized carbons (Fsp3) is 0.381. The van der Waals surface area contributed by atoms with Gasteiger partial charge in [0.15, 0.2) is 0 Å². The number of aromatic amines is 1. The van der Waals surface area contributed by atoms with Gasteiger partial charge in [-0.1, -0.05) is 6.07 Å². The van der Waals surface area contributed by atoms with E-state index in [1.165, 1.54) is 0 Å². The highest BCUT2D eigenvalue weighted by Gasteiger charge is 2.31. The summed E-state index contributed by atoms with van der Waals surface area (Å²) < 4.78 is 1.57. The van der Waals surface area contributed by atoms with Crippen LogP contribution in [0.3, 0.4) is 0 Å². The number of rotatable bonds is 3. The average molecular weight is 395 g/mol. The van der Waals surface area contributed by atoms with E-state index < -0.39 is 0 Å². The first-order chi connectivity index (χ1) is 13.7. The zero-order valence-electron chi connectivity index (χ0n) is 15.6. The molecule has 1 atom stereocenters. The van der Waals surface area contributed by atoms with Gasteiger partial charge in [0.1, 0.15) is 0 Å². The van der Waals surface area contributed by atoms with Gasteiger partial charge in [-0.2, -0.15) is 16.9 Å². The van der Waals surface area contributed by atoms with Crippen molar-refractivity contribution in [1.82, 2.24) is 19.7 Å². The van der Waals surface area contributed by atoms with Crippen molar-refractivity contribution >= 4 is 28.6 Å². The second-order valence-corrected chi connectivity index (χ2v) is 8.58. The minimum atomic E-state index is -0.0618. The molecule has 0 bridgehead atoms. The van der Waals surface area contributed by atoms with Gasteiger partial charge in [-0.25, -0.2) is 4.68 Å². The highest BCUT2D eigenvalue weighted by Crippen LogP contribution is 2.26. The number of nitrogens with zero attached hydrogens (tertiary/aromatic N) is 3. The van der Waals surface area contributed by atoms with Crippen LogP contribution in [0.25, 0.3) is 10.9 Å². The lowest BCUT2D eigenvalue weighted by atomic mass is 10.1. The Kier molecular flexibility index (Phi) is 4.47. The van der Waals surface area contributed by atoms with Gasteiger partial charge in [0, 0.05) is 47.4 Å². The van der Waals surface area contributed by atoms with Gasteiger partial charge < -0.3 is 9.88 Å². The molecule has 1 amide bonds. The molecule has 2 aromatic heterocycles. The van der Waals surface area contributed by atoms with E-state index in [1.54, 1.807) is 10.7 Å². The van der Waals surface area contributed by atoms with E-state index >= 15 is 0 Å². The van der Waals surface area contributed by atoms with Crippen molar-refractivity contribution in [1.29, 1.82) is 0 Å². The first-order valence-electron chi connectivity index (χ1n) is 9.75. The largest absolute Gasteiger partial charge is 0.361 e. The predicted molar refractivity (Wildman–Crippen MR) is 111 cm³/mol. The van der Waals surface area contributed by atoms with Crippen molar-refractivity contribution in [2.24, 2.45) is 0 Å². The minimum absolute atomic E-state index is 0.00270. The van der Waals surface area contributed by atoms with Crippen molar-refractivity contribution in [3.8, 4) is 0 Å². The lowest BCUT2D eigenvalue weighted by Crippen LogP contribution is -2.41. The summed E-state index contributed by atoms with van der Waals surface area (Å²) in [6, 6.07) is 9.45. The van der Waals surface area contributed by atoms with Gasteiger partial charge in [-0.15, -0.1) is 0 Å². The summed E-state index contributed by atoms with van der Waals surface area (Å²) >= 11 is 1.85. The molecule has 28 heavy (non-hydrogen) atoms. The zero-order valence-corrected chi connectivity index (χ0v) is 16.4. The highest BCUT2D eigenvalue weighted by molar-refractivity contribution is 7.98. The number of carbonyl (C=O) groups excluding carboxylic acids is 1. The molecule has 0 saturated carbocycles. The summed E-state index contributed by atoms with van der Waals surface area (Å²) in [6.45, 7) is 1.19. The number of H-pyrrole nitrogens is 1. The molecule has 0 radical (unpaired) electrons. The van der Waals surface area contributed by atoms with E-state index in [9.17, 15) is 9.59 Å². The van der Waals surface area contributed by atoms with Gasteiger partial charge >= 0.3 is 0 Å². The van der Waals surface area contributed by atoms with Crippen LogP contribution in [-0.4, -0.2) is 43.9 Å². The number of fused-ring (bicyclic) bond motifs is 2. The minimum Gasteiger partial charge on any atom is -0.361 e. The maximum Gasteiger partial charge on any atom is 0.267 e. The average Bonchev–Trinajstić information content (AvgIpc) is 3.37. The number of hydrogen-bond donors (Lipinski definition) is 1. The van der Waals surface area contributed by atoms with E-state index in [4.69, 9.17) is 0 Å². The van der Waals surface area contributed by atoms with Crippen LogP contribution in [0.5, 0.6) is 0 Å². The molecular weight excluding hydrogens is 372 g/mol. The van der Waals surface area contributed by atoms with Crippen LogP contribution in [0, 0.1) is 0 Å². The third-order valence-electron chi connectivity index (χ3n) is 5.75. The maximum atomic E-state index is 13.3. The van der Waals surface area contributed by atoms with Gasteiger partial charge in [-0.3, -0.25) is 9.59 Å². The van der Waals surface area contributed by atoms with Crippen LogP contribution < -0.4 is 5.56 Å². The predicted octanol–water partition coefficient (Wildman–Crippen LogP) is 2.82. The van der Waals surface area contributed by atoms with E-state index in [1.807, 2.05) is 47.1 Å². The summed E-state index contributed by atoms with van der Waals surface area (Å²) in [5, 5.41) is 5.58. The normalized spacial score (nSPS) is 19.1. The molecule has 2 aliphatic rings. The van der Waals surface area contributed by atoms with Crippen LogP contribution in [-0.2, 0) is 18.7 Å². The Bertz CT molecular complexity index is 1100. The van der Waals surface area contributed by atoms with Gasteiger partial charge in [0.2, 0.25) is 0 Å².